The highest BCUT2D eigenvalue weighted by Crippen LogP contribution is 2.27. The highest BCUT2D eigenvalue weighted by Gasteiger charge is 2.43. The van der Waals surface area contributed by atoms with Gasteiger partial charge in [0.15, 0.2) is 0 Å². The van der Waals surface area contributed by atoms with Crippen LogP contribution in [0, 0.1) is 11.3 Å². The van der Waals surface area contributed by atoms with Crippen LogP contribution in [0.4, 0.5) is 9.59 Å². The Kier molecular flexibility index (Phi) is 13.6. The number of benzene rings is 2. The summed E-state index contributed by atoms with van der Waals surface area (Å²) in [5.74, 6) is -1.09. The lowest BCUT2D eigenvalue weighted by atomic mass is 9.88. The molecule has 0 radical (unpaired) electrons. The van der Waals surface area contributed by atoms with Crippen LogP contribution in [-0.4, -0.2) is 121 Å². The standard InChI is InChI=1S/C38H52N6O8/c1-38(2,3)52-36(47)41-34(39)33(29-14-16-40-17-15-29)44-24-30(51-37(44)48)23-42-18-20-43(21-19-42)31(35(46)50-26-28-12-8-5-9-13-28)22-32(45)49-25-27-10-6-4-7-11-27/h4-13,29-31,33,40H,14-26H2,1-3H3,(H2,39,41,47). The summed E-state index contributed by atoms with van der Waals surface area (Å²) in [5.41, 5.74) is 0.978. The predicted molar refractivity (Wildman–Crippen MR) is 192 cm³/mol. The molecule has 3 atom stereocenters. The van der Waals surface area contributed by atoms with Gasteiger partial charge in [0.25, 0.3) is 0 Å². The Morgan fingerprint density at radius 2 is 1.52 bits per heavy atom. The van der Waals surface area contributed by atoms with Crippen molar-refractivity contribution in [3.63, 3.8) is 0 Å². The van der Waals surface area contributed by atoms with Crippen molar-refractivity contribution in [2.45, 2.75) is 77.0 Å². The number of piperazine rings is 1. The fraction of sp³-hybridized carbons (Fsp3) is 0.553. The van der Waals surface area contributed by atoms with Gasteiger partial charge in [-0.1, -0.05) is 60.7 Å². The van der Waals surface area contributed by atoms with Gasteiger partial charge in [-0.15, -0.1) is 0 Å². The van der Waals surface area contributed by atoms with E-state index in [0.717, 1.165) is 37.1 Å². The summed E-state index contributed by atoms with van der Waals surface area (Å²) in [7, 11) is 0. The minimum absolute atomic E-state index is 0.0310. The van der Waals surface area contributed by atoms with E-state index in [-0.39, 0.29) is 37.9 Å². The molecule has 3 aliphatic heterocycles. The highest BCUT2D eigenvalue weighted by atomic mass is 16.6. The highest BCUT2D eigenvalue weighted by molar-refractivity contribution is 5.98. The summed E-state index contributed by atoms with van der Waals surface area (Å²) in [4.78, 5) is 57.9. The summed E-state index contributed by atoms with van der Waals surface area (Å²) >= 11 is 0. The lowest BCUT2D eigenvalue weighted by Gasteiger charge is -2.38. The van der Waals surface area contributed by atoms with E-state index >= 15 is 0 Å². The van der Waals surface area contributed by atoms with Crippen molar-refractivity contribution < 1.29 is 38.1 Å². The molecule has 3 aliphatic rings. The Balaban J connectivity index is 1.17. The zero-order valence-corrected chi connectivity index (χ0v) is 30.4. The number of hydrogen-bond donors (Lipinski definition) is 3. The van der Waals surface area contributed by atoms with Gasteiger partial charge in [0.2, 0.25) is 0 Å². The second-order valence-corrected chi connectivity index (χ2v) is 14.5. The molecule has 3 heterocycles. The Labute approximate surface area is 305 Å². The van der Waals surface area contributed by atoms with Crippen molar-refractivity contribution in [3.05, 3.63) is 71.8 Å². The number of piperidine rings is 1. The van der Waals surface area contributed by atoms with Gasteiger partial charge in [0.05, 0.1) is 19.0 Å². The van der Waals surface area contributed by atoms with Crippen LogP contribution < -0.4 is 10.6 Å². The van der Waals surface area contributed by atoms with Crippen molar-refractivity contribution in [2.24, 2.45) is 5.92 Å². The summed E-state index contributed by atoms with van der Waals surface area (Å²) in [6.45, 7) is 9.84. The second-order valence-electron chi connectivity index (χ2n) is 14.5. The second kappa shape index (κ2) is 18.3. The number of ether oxygens (including phenoxy) is 4. The molecule has 2 amide bonds. The van der Waals surface area contributed by atoms with Gasteiger partial charge in [-0.25, -0.2) is 9.59 Å². The van der Waals surface area contributed by atoms with Gasteiger partial charge in [-0.3, -0.25) is 35.0 Å². The lowest BCUT2D eigenvalue weighted by molar-refractivity contribution is -0.159. The Morgan fingerprint density at radius 1 is 0.923 bits per heavy atom. The van der Waals surface area contributed by atoms with Crippen LogP contribution in [-0.2, 0) is 41.8 Å². The number of hydrogen-bond acceptors (Lipinski definition) is 12. The smallest absolute Gasteiger partial charge is 0.413 e. The van der Waals surface area contributed by atoms with Crippen LogP contribution in [0.2, 0.25) is 0 Å². The maximum absolute atomic E-state index is 13.4. The zero-order chi connectivity index (χ0) is 37.1. The molecule has 52 heavy (non-hydrogen) atoms. The molecule has 3 saturated heterocycles. The number of carbonyl (C=O) groups is 4. The quantitative estimate of drug-likeness (QED) is 0.120. The van der Waals surface area contributed by atoms with Crippen LogP contribution in [0.25, 0.3) is 0 Å². The first-order valence-corrected chi connectivity index (χ1v) is 18.1. The monoisotopic (exact) mass is 720 g/mol. The van der Waals surface area contributed by atoms with Crippen LogP contribution in [0.1, 0.15) is 51.2 Å². The molecule has 3 fully saturated rings. The van der Waals surface area contributed by atoms with E-state index in [0.29, 0.717) is 32.7 Å². The molecule has 0 saturated carbocycles. The average Bonchev–Trinajstić information content (AvgIpc) is 3.48. The van der Waals surface area contributed by atoms with E-state index in [9.17, 15) is 19.2 Å². The number of nitrogens with zero attached hydrogens (tertiary/aromatic N) is 3. The molecule has 0 spiro atoms. The van der Waals surface area contributed by atoms with Crippen molar-refractivity contribution in [3.8, 4) is 0 Å². The largest absolute Gasteiger partial charge is 0.461 e. The van der Waals surface area contributed by atoms with Gasteiger partial charge < -0.3 is 24.3 Å². The van der Waals surface area contributed by atoms with E-state index in [1.54, 1.807) is 25.7 Å². The Hall–Kier alpha value is -4.53. The maximum atomic E-state index is 13.4. The van der Waals surface area contributed by atoms with Crippen LogP contribution in [0.5, 0.6) is 0 Å². The number of rotatable bonds is 13. The topological polar surface area (TPSA) is 163 Å². The molecule has 5 rings (SSSR count). The molecule has 3 unspecified atom stereocenters. The molecule has 14 heteroatoms. The molecule has 0 aromatic heterocycles. The SMILES string of the molecule is CC(C)(C)OC(=O)NC(=N)C(C1CCNCC1)N1CC(CN2CCN(C(CC(=O)OCc3ccccc3)C(=O)OCc3ccccc3)CC2)OC1=O. The number of nitrogens with one attached hydrogen (secondary N) is 3. The molecule has 2 aromatic rings. The predicted octanol–water partition coefficient (Wildman–Crippen LogP) is 3.54. The molecule has 14 nitrogen and oxygen atoms in total. The summed E-state index contributed by atoms with van der Waals surface area (Å²) < 4.78 is 22.4. The van der Waals surface area contributed by atoms with Crippen LogP contribution in [0.3, 0.4) is 0 Å². The van der Waals surface area contributed by atoms with E-state index in [2.05, 4.69) is 15.5 Å². The van der Waals surface area contributed by atoms with Crippen molar-refractivity contribution in [2.75, 3.05) is 52.4 Å². The summed E-state index contributed by atoms with van der Waals surface area (Å²) in [6, 6.07) is 17.3. The number of alkyl carbamates (subject to hydrolysis) is 1. The van der Waals surface area contributed by atoms with Gasteiger partial charge in [0, 0.05) is 32.7 Å². The van der Waals surface area contributed by atoms with E-state index in [1.165, 1.54) is 0 Å². The van der Waals surface area contributed by atoms with E-state index in [1.807, 2.05) is 65.6 Å². The Morgan fingerprint density at radius 3 is 2.12 bits per heavy atom. The normalized spacial score (nSPS) is 20.0. The fourth-order valence-electron chi connectivity index (χ4n) is 6.84. The van der Waals surface area contributed by atoms with Crippen molar-refractivity contribution in [1.29, 1.82) is 5.41 Å². The minimum Gasteiger partial charge on any atom is -0.461 e. The molecule has 282 valence electrons. The average molecular weight is 721 g/mol. The summed E-state index contributed by atoms with van der Waals surface area (Å²) in [6.07, 6.45) is -0.347. The van der Waals surface area contributed by atoms with Gasteiger partial charge in [0.1, 0.15) is 36.8 Å². The van der Waals surface area contributed by atoms with Crippen molar-refractivity contribution >= 4 is 30.0 Å². The number of carbonyl (C=O) groups excluding carboxylic acids is 4. The van der Waals surface area contributed by atoms with Gasteiger partial charge in [-0.2, -0.15) is 0 Å². The molecule has 3 N–H and O–H groups in total. The number of amidine groups is 1. The number of cyclic esters (lactones) is 1. The number of esters is 2. The first-order valence-electron chi connectivity index (χ1n) is 18.1. The molecular weight excluding hydrogens is 668 g/mol. The maximum Gasteiger partial charge on any atom is 0.413 e. The Bertz CT molecular complexity index is 1510. The van der Waals surface area contributed by atoms with Crippen molar-refractivity contribution in [1.82, 2.24) is 25.3 Å². The molecule has 0 aliphatic carbocycles. The number of amides is 2. The first kappa shape index (κ1) is 38.7. The van der Waals surface area contributed by atoms with Gasteiger partial charge in [-0.05, 0) is 63.7 Å². The summed E-state index contributed by atoms with van der Waals surface area (Å²) in [5, 5.41) is 14.7. The molecule has 2 aromatic carbocycles. The van der Waals surface area contributed by atoms with E-state index < -0.39 is 47.9 Å². The van der Waals surface area contributed by atoms with Crippen LogP contribution >= 0.6 is 0 Å². The molecular formula is C38H52N6O8. The minimum atomic E-state index is -0.817. The third kappa shape index (κ3) is 11.5. The fourth-order valence-corrected chi connectivity index (χ4v) is 6.84. The van der Waals surface area contributed by atoms with Gasteiger partial charge >= 0.3 is 24.1 Å². The first-order chi connectivity index (χ1) is 24.9. The van der Waals surface area contributed by atoms with E-state index in [4.69, 9.17) is 24.4 Å². The lowest BCUT2D eigenvalue weighted by Crippen LogP contribution is -2.56. The van der Waals surface area contributed by atoms with Crippen LogP contribution in [0.15, 0.2) is 60.7 Å². The third-order valence-corrected chi connectivity index (χ3v) is 9.41. The zero-order valence-electron chi connectivity index (χ0n) is 30.4. The molecule has 0 bridgehead atoms. The third-order valence-electron chi connectivity index (χ3n) is 9.41.